The van der Waals surface area contributed by atoms with Gasteiger partial charge in [0.1, 0.15) is 0 Å². The van der Waals surface area contributed by atoms with Crippen LogP contribution in [-0.2, 0) is 0 Å². The van der Waals surface area contributed by atoms with E-state index < -0.39 is 0 Å². The molecule has 0 amide bonds. The molecule has 2 unspecified atom stereocenters. The van der Waals surface area contributed by atoms with E-state index in [9.17, 15) is 0 Å². The van der Waals surface area contributed by atoms with Crippen LogP contribution in [0, 0.1) is 11.8 Å². The quantitative estimate of drug-likeness (QED) is 0.175. The third-order valence-electron chi connectivity index (χ3n) is 7.19. The van der Waals surface area contributed by atoms with Crippen molar-refractivity contribution in [2.45, 2.75) is 25.7 Å². The maximum atomic E-state index is 5.71. The standard InChI is InChI=1S/2C14H23N3.ClH.HI/c2*1-16(2)9-7-12-8-10-17(11-12)14-5-3-13(15)4-6-14;;/h2*3-6,12H,7-11,15H2,1-2H3;2*1H. The van der Waals surface area contributed by atoms with Crippen molar-refractivity contribution in [2.75, 3.05) is 88.7 Å². The normalized spacial score (nSPS) is 19.1. The maximum Gasteiger partial charge on any atom is 0.0770 e. The highest BCUT2D eigenvalue weighted by Gasteiger charge is 2.24. The van der Waals surface area contributed by atoms with Crippen LogP contribution in [-0.4, -0.2) is 67.5 Å². The van der Waals surface area contributed by atoms with Gasteiger partial charge < -0.3 is 67.5 Å². The lowest BCUT2D eigenvalue weighted by atomic mass is 10.1. The monoisotopic (exact) mass is 630 g/mol. The average Bonchev–Trinajstić information content (AvgIpc) is 3.48. The molecular weight excluding hydrogens is 583 g/mol. The number of hydrogen-bond donors (Lipinski definition) is 4. The summed E-state index contributed by atoms with van der Waals surface area (Å²) in [5.41, 5.74) is 15.8. The molecule has 36 heavy (non-hydrogen) atoms. The topological polar surface area (TPSA) is 67.4 Å². The number of nitrogen functional groups attached to an aromatic ring is 2. The first-order chi connectivity index (χ1) is 16.3. The minimum absolute atomic E-state index is 0. The summed E-state index contributed by atoms with van der Waals surface area (Å²) in [5, 5.41) is 0. The van der Waals surface area contributed by atoms with E-state index in [1.807, 2.05) is 24.3 Å². The first-order valence-corrected chi connectivity index (χ1v) is 13.1. The second-order valence-electron chi connectivity index (χ2n) is 10.9. The van der Waals surface area contributed by atoms with Gasteiger partial charge in [0, 0.05) is 61.8 Å². The van der Waals surface area contributed by atoms with Gasteiger partial charge in [-0.2, -0.15) is 0 Å². The number of nitrogens with one attached hydrogen (secondary N) is 2. The third kappa shape index (κ3) is 10.9. The summed E-state index contributed by atoms with van der Waals surface area (Å²) in [6, 6.07) is 16.5. The molecule has 2 aliphatic heterocycles. The van der Waals surface area contributed by atoms with Crippen molar-refractivity contribution in [1.82, 2.24) is 0 Å². The fourth-order valence-electron chi connectivity index (χ4n) is 4.96. The SMILES string of the molecule is C[NH+](C)CCC1CCN(c2ccc(N)cc2)C1.C[NH+](C)CCC1CCN(c2ccc(N)cc2)C1.[Cl-].[I-]. The van der Waals surface area contributed by atoms with Gasteiger partial charge in [0.25, 0.3) is 0 Å². The zero-order valence-electron chi connectivity index (χ0n) is 22.6. The number of anilines is 4. The molecule has 0 radical (unpaired) electrons. The summed E-state index contributed by atoms with van der Waals surface area (Å²) < 4.78 is 0. The molecule has 2 aromatic rings. The Morgan fingerprint density at radius 3 is 1.31 bits per heavy atom. The molecule has 0 aliphatic carbocycles. The summed E-state index contributed by atoms with van der Waals surface area (Å²) >= 11 is 0. The van der Waals surface area contributed by atoms with E-state index in [4.69, 9.17) is 11.5 Å². The van der Waals surface area contributed by atoms with Crippen LogP contribution in [0.2, 0.25) is 0 Å². The lowest BCUT2D eigenvalue weighted by molar-refractivity contribution is -0.858. The van der Waals surface area contributed by atoms with Gasteiger partial charge in [0.05, 0.1) is 41.3 Å². The van der Waals surface area contributed by atoms with Crippen LogP contribution in [0.4, 0.5) is 22.7 Å². The summed E-state index contributed by atoms with van der Waals surface area (Å²) in [5.74, 6) is 1.73. The highest BCUT2D eigenvalue weighted by atomic mass is 127. The van der Waals surface area contributed by atoms with Crippen LogP contribution < -0.4 is 67.5 Å². The van der Waals surface area contributed by atoms with E-state index in [1.54, 1.807) is 9.80 Å². The van der Waals surface area contributed by atoms with E-state index in [1.165, 1.54) is 76.3 Å². The Hall–Kier alpha value is -1.42. The van der Waals surface area contributed by atoms with E-state index in [2.05, 4.69) is 62.3 Å². The minimum atomic E-state index is 0. The fourth-order valence-corrected chi connectivity index (χ4v) is 4.96. The number of hydrogen-bond acceptors (Lipinski definition) is 4. The number of benzene rings is 2. The van der Waals surface area contributed by atoms with Gasteiger partial charge in [0.2, 0.25) is 0 Å². The van der Waals surface area contributed by atoms with Crippen molar-refractivity contribution < 1.29 is 46.2 Å². The second-order valence-corrected chi connectivity index (χ2v) is 10.9. The number of quaternary nitrogens is 2. The Morgan fingerprint density at radius 2 is 1.00 bits per heavy atom. The summed E-state index contributed by atoms with van der Waals surface area (Å²) in [6.45, 7) is 7.35. The van der Waals surface area contributed by atoms with Crippen LogP contribution in [0.15, 0.2) is 48.5 Å². The third-order valence-corrected chi connectivity index (χ3v) is 7.19. The zero-order chi connectivity index (χ0) is 24.5. The van der Waals surface area contributed by atoms with E-state index in [0.717, 1.165) is 23.2 Å². The Labute approximate surface area is 242 Å². The van der Waals surface area contributed by atoms with Gasteiger partial charge in [0.15, 0.2) is 0 Å². The Balaban J connectivity index is 0.000000341. The molecule has 2 aliphatic rings. The van der Waals surface area contributed by atoms with E-state index >= 15 is 0 Å². The van der Waals surface area contributed by atoms with E-state index in [0.29, 0.717) is 0 Å². The van der Waals surface area contributed by atoms with Crippen LogP contribution >= 0.6 is 0 Å². The van der Waals surface area contributed by atoms with Crippen molar-refractivity contribution in [3.05, 3.63) is 48.5 Å². The first kappa shape index (κ1) is 32.6. The molecule has 0 saturated carbocycles. The highest BCUT2D eigenvalue weighted by molar-refractivity contribution is 5.54. The fraction of sp³-hybridized carbons (Fsp3) is 0.571. The molecule has 6 N–H and O–H groups in total. The molecule has 6 nitrogen and oxygen atoms in total. The highest BCUT2D eigenvalue weighted by Crippen LogP contribution is 2.26. The second kappa shape index (κ2) is 16.4. The lowest BCUT2D eigenvalue weighted by Gasteiger charge is -2.19. The molecule has 0 bridgehead atoms. The molecule has 4 rings (SSSR count). The molecule has 2 saturated heterocycles. The smallest absolute Gasteiger partial charge is 0.0770 e. The number of nitrogens with zero attached hydrogens (tertiary/aromatic N) is 2. The van der Waals surface area contributed by atoms with Gasteiger partial charge in [-0.15, -0.1) is 0 Å². The molecule has 2 fully saturated rings. The van der Waals surface area contributed by atoms with Crippen LogP contribution in [0.25, 0.3) is 0 Å². The average molecular weight is 631 g/mol. The number of nitrogens with two attached hydrogens (primary N) is 2. The maximum absolute atomic E-state index is 5.71. The van der Waals surface area contributed by atoms with Gasteiger partial charge in [-0.25, -0.2) is 0 Å². The van der Waals surface area contributed by atoms with Crippen molar-refractivity contribution in [3.8, 4) is 0 Å². The summed E-state index contributed by atoms with van der Waals surface area (Å²) in [4.78, 5) is 8.07. The lowest BCUT2D eigenvalue weighted by Crippen LogP contribution is -3.05. The van der Waals surface area contributed by atoms with Crippen molar-refractivity contribution >= 4 is 22.7 Å². The molecule has 2 heterocycles. The van der Waals surface area contributed by atoms with Gasteiger partial charge in [-0.1, -0.05) is 0 Å². The van der Waals surface area contributed by atoms with Crippen LogP contribution in [0.3, 0.4) is 0 Å². The van der Waals surface area contributed by atoms with Gasteiger partial charge in [-0.3, -0.25) is 0 Å². The van der Waals surface area contributed by atoms with Gasteiger partial charge in [-0.05, 0) is 73.2 Å². The molecule has 0 spiro atoms. The molecule has 8 heteroatoms. The summed E-state index contributed by atoms with van der Waals surface area (Å²) in [6.07, 6.45) is 5.34. The molecule has 204 valence electrons. The van der Waals surface area contributed by atoms with E-state index in [-0.39, 0.29) is 36.4 Å². The molecule has 2 aromatic carbocycles. The Bertz CT molecular complexity index is 775. The predicted molar refractivity (Wildman–Crippen MR) is 147 cm³/mol. The van der Waals surface area contributed by atoms with Crippen molar-refractivity contribution in [1.29, 1.82) is 0 Å². The molecule has 2 atom stereocenters. The van der Waals surface area contributed by atoms with Crippen molar-refractivity contribution in [3.63, 3.8) is 0 Å². The summed E-state index contributed by atoms with van der Waals surface area (Å²) in [7, 11) is 8.92. The van der Waals surface area contributed by atoms with Crippen LogP contribution in [0.5, 0.6) is 0 Å². The van der Waals surface area contributed by atoms with Crippen LogP contribution in [0.1, 0.15) is 25.7 Å². The van der Waals surface area contributed by atoms with Gasteiger partial charge >= 0.3 is 0 Å². The molecule has 0 aromatic heterocycles. The largest absolute Gasteiger partial charge is 1.00 e. The first-order valence-electron chi connectivity index (χ1n) is 13.1. The number of rotatable bonds is 8. The Morgan fingerprint density at radius 1 is 0.667 bits per heavy atom. The zero-order valence-corrected chi connectivity index (χ0v) is 25.6. The molecular formula is C28H48ClIN6. The minimum Gasteiger partial charge on any atom is -1.00 e. The van der Waals surface area contributed by atoms with Crippen molar-refractivity contribution in [2.24, 2.45) is 11.8 Å². The predicted octanol–water partition coefficient (Wildman–Crippen LogP) is -4.73. The number of halogens is 2. The Kier molecular flexibility index (Phi) is 14.9.